The maximum absolute atomic E-state index is 12.5. The summed E-state index contributed by atoms with van der Waals surface area (Å²) in [6.45, 7) is 10.5. The number of fused-ring (bicyclic) bond motifs is 1. The van der Waals surface area contributed by atoms with Crippen LogP contribution in [0, 0.1) is 11.3 Å². The molecule has 1 saturated carbocycles. The van der Waals surface area contributed by atoms with Gasteiger partial charge in [-0.1, -0.05) is 26.8 Å². The zero-order valence-electron chi connectivity index (χ0n) is 21.6. The second-order valence-corrected chi connectivity index (χ2v) is 11.7. The van der Waals surface area contributed by atoms with Crippen LogP contribution in [0.5, 0.6) is 5.75 Å². The normalized spacial score (nSPS) is 20.5. The molecule has 196 valence electrons. The number of nitrogens with one attached hydrogen (secondary N) is 1. The summed E-state index contributed by atoms with van der Waals surface area (Å²) in [5, 5.41) is 13.5. The Kier molecular flexibility index (Phi) is 7.03. The molecule has 2 atom stereocenters. The van der Waals surface area contributed by atoms with Crippen LogP contribution >= 0.6 is 0 Å². The van der Waals surface area contributed by atoms with E-state index < -0.39 is 12.0 Å². The van der Waals surface area contributed by atoms with Crippen LogP contribution in [0.3, 0.4) is 0 Å². The van der Waals surface area contributed by atoms with Crippen LogP contribution in [0.2, 0.25) is 0 Å². The van der Waals surface area contributed by atoms with Gasteiger partial charge in [0.2, 0.25) is 5.95 Å². The van der Waals surface area contributed by atoms with Crippen LogP contribution < -0.4 is 10.1 Å². The molecule has 0 saturated heterocycles. The van der Waals surface area contributed by atoms with Gasteiger partial charge in [0, 0.05) is 11.7 Å². The molecule has 2 aromatic carbocycles. The number of rotatable bonds is 7. The van der Waals surface area contributed by atoms with Crippen molar-refractivity contribution in [3.8, 4) is 5.75 Å². The largest absolute Gasteiger partial charge is 0.573 e. The van der Waals surface area contributed by atoms with Crippen molar-refractivity contribution in [2.45, 2.75) is 84.7 Å². The number of halogens is 3. The van der Waals surface area contributed by atoms with Crippen LogP contribution in [0.4, 0.5) is 24.8 Å². The Balaban J connectivity index is 1.69. The summed E-state index contributed by atoms with van der Waals surface area (Å²) in [6, 6.07) is 12.2. The van der Waals surface area contributed by atoms with Gasteiger partial charge < -0.3 is 19.7 Å². The maximum atomic E-state index is 12.5. The van der Waals surface area contributed by atoms with Crippen LogP contribution in [0.15, 0.2) is 42.5 Å². The lowest BCUT2D eigenvalue weighted by Crippen LogP contribution is -2.29. The molecule has 0 radical (unpaired) electrons. The molecule has 3 aromatic rings. The van der Waals surface area contributed by atoms with Gasteiger partial charge in [0.25, 0.3) is 0 Å². The number of hydrogen-bond acceptors (Lipinski definition) is 4. The third-order valence-corrected chi connectivity index (χ3v) is 6.85. The SMILES string of the molecule is C[C@H]1C[C@@H](n2c(Nc3ccc(OC(F)(F)F)cc3)nc3cc(CCC(C)(C)O)ccc32)CC(C)(C)C1. The predicted octanol–water partition coefficient (Wildman–Crippen LogP) is 7.77. The molecule has 0 amide bonds. The molecule has 1 aliphatic rings. The number of anilines is 2. The molecule has 0 unspecified atom stereocenters. The highest BCUT2D eigenvalue weighted by Crippen LogP contribution is 2.46. The standard InChI is InChI=1S/C28H36F3N3O2/c1-18-14-21(17-26(2,3)16-18)34-24-11-6-19(12-13-27(4,5)35)15-23(24)33-25(34)32-20-7-9-22(10-8-20)36-28(29,30)31/h6-11,15,18,21,35H,12-14,16-17H2,1-5H3,(H,32,33)/t18-,21+/m0/s1. The molecule has 1 heterocycles. The Morgan fingerprint density at radius 1 is 1.11 bits per heavy atom. The van der Waals surface area contributed by atoms with E-state index in [4.69, 9.17) is 4.98 Å². The molecule has 1 fully saturated rings. The minimum Gasteiger partial charge on any atom is -0.406 e. The van der Waals surface area contributed by atoms with E-state index in [2.05, 4.69) is 53.6 Å². The van der Waals surface area contributed by atoms with Crippen LogP contribution in [-0.2, 0) is 6.42 Å². The molecule has 2 N–H and O–H groups in total. The van der Waals surface area contributed by atoms with Gasteiger partial charge >= 0.3 is 6.36 Å². The van der Waals surface area contributed by atoms with Gasteiger partial charge in [-0.05, 0) is 99.2 Å². The van der Waals surface area contributed by atoms with Gasteiger partial charge in [0.15, 0.2) is 0 Å². The van der Waals surface area contributed by atoms with Crippen molar-refractivity contribution in [1.82, 2.24) is 9.55 Å². The number of benzene rings is 2. The smallest absolute Gasteiger partial charge is 0.406 e. The van der Waals surface area contributed by atoms with Crippen LogP contribution in [-0.4, -0.2) is 26.6 Å². The number of nitrogens with zero attached hydrogens (tertiary/aromatic N) is 2. The number of hydrogen-bond donors (Lipinski definition) is 2. The molecule has 8 heteroatoms. The van der Waals surface area contributed by atoms with Crippen LogP contribution in [0.25, 0.3) is 11.0 Å². The highest BCUT2D eigenvalue weighted by molar-refractivity contribution is 5.81. The van der Waals surface area contributed by atoms with Gasteiger partial charge in [0.1, 0.15) is 5.75 Å². The minimum absolute atomic E-state index is 0.194. The monoisotopic (exact) mass is 503 g/mol. The molecule has 4 rings (SSSR count). The average Bonchev–Trinajstić information content (AvgIpc) is 3.07. The third-order valence-electron chi connectivity index (χ3n) is 6.85. The summed E-state index contributed by atoms with van der Waals surface area (Å²) in [5.41, 5.74) is 3.07. The zero-order valence-corrected chi connectivity index (χ0v) is 21.6. The first kappa shape index (κ1) is 26.3. The summed E-state index contributed by atoms with van der Waals surface area (Å²) >= 11 is 0. The fraction of sp³-hybridized carbons (Fsp3) is 0.536. The summed E-state index contributed by atoms with van der Waals surface area (Å²) in [5.74, 6) is 0.971. The van der Waals surface area contributed by atoms with Crippen molar-refractivity contribution < 1.29 is 23.0 Å². The first-order valence-electron chi connectivity index (χ1n) is 12.5. The molecule has 1 aliphatic carbocycles. The fourth-order valence-electron chi connectivity index (χ4n) is 5.57. The number of alkyl halides is 3. The van der Waals surface area contributed by atoms with Crippen molar-refractivity contribution in [1.29, 1.82) is 0 Å². The fourth-order valence-corrected chi connectivity index (χ4v) is 5.57. The summed E-state index contributed by atoms with van der Waals surface area (Å²) in [7, 11) is 0. The molecular formula is C28H36F3N3O2. The van der Waals surface area contributed by atoms with E-state index in [-0.39, 0.29) is 17.2 Å². The highest BCUT2D eigenvalue weighted by Gasteiger charge is 2.35. The Bertz CT molecular complexity index is 1190. The van der Waals surface area contributed by atoms with Gasteiger partial charge in [0.05, 0.1) is 16.6 Å². The lowest BCUT2D eigenvalue weighted by Gasteiger charge is -2.40. The van der Waals surface area contributed by atoms with Crippen molar-refractivity contribution in [3.05, 3.63) is 48.0 Å². The van der Waals surface area contributed by atoms with E-state index in [1.165, 1.54) is 18.6 Å². The molecule has 0 spiro atoms. The van der Waals surface area contributed by atoms with Gasteiger partial charge in [-0.15, -0.1) is 13.2 Å². The van der Waals surface area contributed by atoms with E-state index in [1.807, 2.05) is 0 Å². The Hall–Kier alpha value is -2.74. The number of aliphatic hydroxyl groups is 1. The molecular weight excluding hydrogens is 467 g/mol. The molecule has 0 aliphatic heterocycles. The van der Waals surface area contributed by atoms with Gasteiger partial charge in [-0.2, -0.15) is 0 Å². The topological polar surface area (TPSA) is 59.3 Å². The van der Waals surface area contributed by atoms with Crippen molar-refractivity contribution >= 4 is 22.7 Å². The number of imidazole rings is 1. The van der Waals surface area contributed by atoms with Crippen molar-refractivity contribution in [2.75, 3.05) is 5.32 Å². The third kappa shape index (κ3) is 6.72. The van der Waals surface area contributed by atoms with E-state index in [0.29, 0.717) is 24.0 Å². The molecule has 5 nitrogen and oxygen atoms in total. The second-order valence-electron chi connectivity index (χ2n) is 11.7. The van der Waals surface area contributed by atoms with E-state index in [0.717, 1.165) is 35.9 Å². The van der Waals surface area contributed by atoms with E-state index in [9.17, 15) is 18.3 Å². The Labute approximate surface area is 210 Å². The quantitative estimate of drug-likeness (QED) is 0.346. The first-order chi connectivity index (χ1) is 16.7. The second kappa shape index (κ2) is 9.61. The summed E-state index contributed by atoms with van der Waals surface area (Å²) in [6.07, 6.45) is -0.135. The van der Waals surface area contributed by atoms with E-state index >= 15 is 0 Å². The molecule has 1 aromatic heterocycles. The first-order valence-corrected chi connectivity index (χ1v) is 12.5. The number of aromatic nitrogens is 2. The Morgan fingerprint density at radius 3 is 2.42 bits per heavy atom. The lowest BCUT2D eigenvalue weighted by molar-refractivity contribution is -0.274. The predicted molar refractivity (Wildman–Crippen MR) is 137 cm³/mol. The van der Waals surface area contributed by atoms with Crippen molar-refractivity contribution in [2.24, 2.45) is 11.3 Å². The number of aryl methyl sites for hydroxylation is 1. The van der Waals surface area contributed by atoms with Gasteiger partial charge in [-0.3, -0.25) is 0 Å². The van der Waals surface area contributed by atoms with Crippen molar-refractivity contribution in [3.63, 3.8) is 0 Å². The van der Waals surface area contributed by atoms with Crippen LogP contribution in [0.1, 0.15) is 71.9 Å². The number of ether oxygens (including phenoxy) is 1. The van der Waals surface area contributed by atoms with E-state index in [1.54, 1.807) is 26.0 Å². The Morgan fingerprint density at radius 2 is 1.81 bits per heavy atom. The minimum atomic E-state index is -4.73. The lowest BCUT2D eigenvalue weighted by atomic mass is 9.70. The average molecular weight is 504 g/mol. The summed E-state index contributed by atoms with van der Waals surface area (Å²) < 4.78 is 43.9. The zero-order chi connectivity index (χ0) is 26.3. The highest BCUT2D eigenvalue weighted by atomic mass is 19.4. The van der Waals surface area contributed by atoms with Gasteiger partial charge in [-0.25, -0.2) is 4.98 Å². The molecule has 0 bridgehead atoms. The molecule has 36 heavy (non-hydrogen) atoms. The maximum Gasteiger partial charge on any atom is 0.573 e. The summed E-state index contributed by atoms with van der Waals surface area (Å²) in [4.78, 5) is 4.92.